The van der Waals surface area contributed by atoms with Gasteiger partial charge < -0.3 is 4.42 Å². The summed E-state index contributed by atoms with van der Waals surface area (Å²) in [5, 5.41) is 0. The Morgan fingerprint density at radius 3 is 2.24 bits per heavy atom. The van der Waals surface area contributed by atoms with E-state index in [1.54, 1.807) is 26.0 Å². The van der Waals surface area contributed by atoms with E-state index in [2.05, 4.69) is 0 Å². The van der Waals surface area contributed by atoms with Gasteiger partial charge in [-0.15, -0.1) is 0 Å². The molecule has 0 aliphatic carbocycles. The molecule has 0 spiro atoms. The third-order valence-electron chi connectivity index (χ3n) is 2.49. The zero-order valence-corrected chi connectivity index (χ0v) is 9.43. The van der Waals surface area contributed by atoms with E-state index in [-0.39, 0.29) is 11.3 Å². The standard InChI is InChI=1S/C13H11F3O/c1-8-3-5-11(13(14,15)16)10(7-8)12-6-4-9(2)17-12/h3-7H,1-2H3. The Morgan fingerprint density at radius 2 is 1.71 bits per heavy atom. The second-order valence-electron chi connectivity index (χ2n) is 3.96. The van der Waals surface area contributed by atoms with Crippen LogP contribution in [-0.4, -0.2) is 0 Å². The lowest BCUT2D eigenvalue weighted by Crippen LogP contribution is -2.07. The topological polar surface area (TPSA) is 13.1 Å². The largest absolute Gasteiger partial charge is 0.461 e. The molecule has 0 radical (unpaired) electrons. The van der Waals surface area contributed by atoms with Gasteiger partial charge in [0.25, 0.3) is 0 Å². The number of benzene rings is 1. The number of rotatable bonds is 1. The van der Waals surface area contributed by atoms with Crippen molar-refractivity contribution >= 4 is 0 Å². The smallest absolute Gasteiger partial charge is 0.417 e. The molecule has 17 heavy (non-hydrogen) atoms. The number of halogens is 3. The van der Waals surface area contributed by atoms with Gasteiger partial charge >= 0.3 is 6.18 Å². The van der Waals surface area contributed by atoms with Gasteiger partial charge in [-0.25, -0.2) is 0 Å². The van der Waals surface area contributed by atoms with Crippen LogP contribution in [-0.2, 0) is 6.18 Å². The fraction of sp³-hybridized carbons (Fsp3) is 0.231. The molecule has 0 fully saturated rings. The van der Waals surface area contributed by atoms with Crippen LogP contribution in [0.2, 0.25) is 0 Å². The number of hydrogen-bond acceptors (Lipinski definition) is 1. The average Bonchev–Trinajstić information content (AvgIpc) is 2.62. The van der Waals surface area contributed by atoms with Crippen molar-refractivity contribution < 1.29 is 17.6 Å². The summed E-state index contributed by atoms with van der Waals surface area (Å²) in [5.74, 6) is 0.841. The normalized spacial score (nSPS) is 11.8. The molecule has 1 heterocycles. The second-order valence-corrected chi connectivity index (χ2v) is 3.96. The molecule has 1 aromatic heterocycles. The van der Waals surface area contributed by atoms with Crippen molar-refractivity contribution in [3.05, 3.63) is 47.2 Å². The predicted octanol–water partition coefficient (Wildman–Crippen LogP) is 4.58. The van der Waals surface area contributed by atoms with Gasteiger partial charge in [-0.1, -0.05) is 11.6 Å². The quantitative estimate of drug-likeness (QED) is 0.711. The summed E-state index contributed by atoms with van der Waals surface area (Å²) >= 11 is 0. The van der Waals surface area contributed by atoms with Crippen LogP contribution in [0, 0.1) is 13.8 Å². The van der Waals surface area contributed by atoms with E-state index in [0.29, 0.717) is 5.76 Å². The molecule has 0 atom stereocenters. The van der Waals surface area contributed by atoms with E-state index in [4.69, 9.17) is 4.42 Å². The summed E-state index contributed by atoms with van der Waals surface area (Å²) in [6.45, 7) is 3.45. The van der Waals surface area contributed by atoms with Crippen LogP contribution in [0.4, 0.5) is 13.2 Å². The minimum absolute atomic E-state index is 0.0885. The van der Waals surface area contributed by atoms with Gasteiger partial charge in [-0.05, 0) is 38.1 Å². The Hall–Kier alpha value is -1.71. The summed E-state index contributed by atoms with van der Waals surface area (Å²) in [6.07, 6.45) is -4.37. The highest BCUT2D eigenvalue weighted by Crippen LogP contribution is 2.38. The van der Waals surface area contributed by atoms with Crippen molar-refractivity contribution in [2.45, 2.75) is 20.0 Å². The van der Waals surface area contributed by atoms with Crippen molar-refractivity contribution in [2.75, 3.05) is 0 Å². The summed E-state index contributed by atoms with van der Waals surface area (Å²) in [6, 6.07) is 7.23. The highest BCUT2D eigenvalue weighted by atomic mass is 19.4. The molecule has 0 bridgehead atoms. The summed E-state index contributed by atoms with van der Waals surface area (Å²) < 4.78 is 43.8. The highest BCUT2D eigenvalue weighted by Gasteiger charge is 2.34. The van der Waals surface area contributed by atoms with Crippen LogP contribution >= 0.6 is 0 Å². The molecule has 2 aromatic rings. The minimum atomic E-state index is -4.37. The van der Waals surface area contributed by atoms with Crippen molar-refractivity contribution in [1.82, 2.24) is 0 Å². The summed E-state index contributed by atoms with van der Waals surface area (Å²) in [7, 11) is 0. The summed E-state index contributed by atoms with van der Waals surface area (Å²) in [5.41, 5.74) is 0.185. The van der Waals surface area contributed by atoms with Gasteiger partial charge in [0.15, 0.2) is 0 Å². The van der Waals surface area contributed by atoms with Gasteiger partial charge in [0, 0.05) is 5.56 Å². The fourth-order valence-corrected chi connectivity index (χ4v) is 1.69. The number of aryl methyl sites for hydroxylation is 2. The molecule has 0 aliphatic rings. The first-order valence-corrected chi connectivity index (χ1v) is 5.12. The zero-order valence-electron chi connectivity index (χ0n) is 9.43. The first kappa shape index (κ1) is 11.8. The molecule has 0 unspecified atom stereocenters. The van der Waals surface area contributed by atoms with E-state index in [1.807, 2.05) is 0 Å². The van der Waals surface area contributed by atoms with Gasteiger partial charge in [0.2, 0.25) is 0 Å². The van der Waals surface area contributed by atoms with Gasteiger partial charge in [0.05, 0.1) is 5.56 Å². The third-order valence-corrected chi connectivity index (χ3v) is 2.49. The van der Waals surface area contributed by atoms with E-state index in [1.165, 1.54) is 12.1 Å². The molecule has 0 saturated carbocycles. The van der Waals surface area contributed by atoms with Crippen molar-refractivity contribution in [3.8, 4) is 11.3 Å². The van der Waals surface area contributed by atoms with Gasteiger partial charge in [-0.3, -0.25) is 0 Å². The SMILES string of the molecule is Cc1ccc(C(F)(F)F)c(-c2ccc(C)o2)c1. The zero-order chi connectivity index (χ0) is 12.6. The molecule has 0 aliphatic heterocycles. The lowest BCUT2D eigenvalue weighted by molar-refractivity contribution is -0.137. The molecule has 0 N–H and O–H groups in total. The molecule has 0 saturated heterocycles. The monoisotopic (exact) mass is 240 g/mol. The second kappa shape index (κ2) is 3.95. The van der Waals surface area contributed by atoms with Crippen molar-refractivity contribution in [1.29, 1.82) is 0 Å². The van der Waals surface area contributed by atoms with Crippen LogP contribution in [0.5, 0.6) is 0 Å². The Labute approximate surface area is 96.9 Å². The Bertz CT molecular complexity index is 538. The minimum Gasteiger partial charge on any atom is -0.461 e. The maximum atomic E-state index is 12.8. The van der Waals surface area contributed by atoms with Crippen molar-refractivity contribution in [3.63, 3.8) is 0 Å². The van der Waals surface area contributed by atoms with Crippen LogP contribution in [0.3, 0.4) is 0 Å². The molecule has 1 nitrogen and oxygen atoms in total. The third kappa shape index (κ3) is 2.35. The Morgan fingerprint density at radius 1 is 1.00 bits per heavy atom. The number of alkyl halides is 3. The fourth-order valence-electron chi connectivity index (χ4n) is 1.69. The van der Waals surface area contributed by atoms with E-state index in [0.717, 1.165) is 11.6 Å². The average molecular weight is 240 g/mol. The molecular formula is C13H11F3O. The molecular weight excluding hydrogens is 229 g/mol. The molecule has 1 aromatic carbocycles. The van der Waals surface area contributed by atoms with Crippen molar-refractivity contribution in [2.24, 2.45) is 0 Å². The summed E-state index contributed by atoms with van der Waals surface area (Å²) in [4.78, 5) is 0. The van der Waals surface area contributed by atoms with Crippen LogP contribution in [0.15, 0.2) is 34.7 Å². The number of hydrogen-bond donors (Lipinski definition) is 0. The number of furan rings is 1. The maximum absolute atomic E-state index is 12.8. The van der Waals surface area contributed by atoms with E-state index < -0.39 is 11.7 Å². The highest BCUT2D eigenvalue weighted by molar-refractivity contribution is 5.64. The predicted molar refractivity (Wildman–Crippen MR) is 58.6 cm³/mol. The van der Waals surface area contributed by atoms with E-state index >= 15 is 0 Å². The van der Waals surface area contributed by atoms with Crippen LogP contribution in [0.1, 0.15) is 16.9 Å². The first-order valence-electron chi connectivity index (χ1n) is 5.12. The molecule has 90 valence electrons. The van der Waals surface area contributed by atoms with Gasteiger partial charge in [0.1, 0.15) is 11.5 Å². The maximum Gasteiger partial charge on any atom is 0.417 e. The van der Waals surface area contributed by atoms with E-state index in [9.17, 15) is 13.2 Å². The van der Waals surface area contributed by atoms with Crippen LogP contribution in [0.25, 0.3) is 11.3 Å². The first-order chi connectivity index (χ1) is 7.88. The van der Waals surface area contributed by atoms with Crippen LogP contribution < -0.4 is 0 Å². The molecule has 4 heteroatoms. The molecule has 0 amide bonds. The Balaban J connectivity index is 2.63. The molecule has 2 rings (SSSR count). The lowest BCUT2D eigenvalue weighted by Gasteiger charge is -2.11. The Kier molecular flexibility index (Phi) is 2.73. The van der Waals surface area contributed by atoms with Gasteiger partial charge in [-0.2, -0.15) is 13.2 Å². The lowest BCUT2D eigenvalue weighted by atomic mass is 10.0.